The lowest BCUT2D eigenvalue weighted by molar-refractivity contribution is -0.177. The molecule has 4 atom stereocenters. The number of thioether (sulfide) groups is 1. The average molecular weight is 398 g/mol. The number of carbonyl (C=O) groups excluding carboxylic acids is 2. The highest BCUT2D eigenvalue weighted by Gasteiger charge is 2.71. The van der Waals surface area contributed by atoms with Crippen LogP contribution < -0.4 is 0 Å². The predicted octanol–water partition coefficient (Wildman–Crippen LogP) is 0.738. The lowest BCUT2D eigenvalue weighted by Crippen LogP contribution is -2.74. The quantitative estimate of drug-likeness (QED) is 0.516. The number of aliphatic hydroxyl groups is 2. The Morgan fingerprint density at radius 1 is 1.30 bits per heavy atom. The Kier molecular flexibility index (Phi) is 5.56. The molecule has 2 fully saturated rings. The van der Waals surface area contributed by atoms with Crippen molar-refractivity contribution in [1.82, 2.24) is 9.80 Å². The number of aliphatic hydroxyl groups excluding tert-OH is 2. The van der Waals surface area contributed by atoms with E-state index in [0.717, 1.165) is 6.42 Å². The van der Waals surface area contributed by atoms with Crippen molar-refractivity contribution >= 4 is 29.5 Å². The third-order valence-electron chi connectivity index (χ3n) is 5.71. The summed E-state index contributed by atoms with van der Waals surface area (Å²) in [6.45, 7) is 4.55. The van der Waals surface area contributed by atoms with Gasteiger partial charge in [0.15, 0.2) is 0 Å². The van der Waals surface area contributed by atoms with Crippen LogP contribution in [-0.4, -0.2) is 73.1 Å². The molecule has 2 amide bonds. The van der Waals surface area contributed by atoms with Gasteiger partial charge in [0, 0.05) is 24.4 Å². The van der Waals surface area contributed by atoms with Crippen molar-refractivity contribution in [3.8, 4) is 0 Å². The number of carboxylic acids is 1. The van der Waals surface area contributed by atoms with Gasteiger partial charge in [-0.1, -0.05) is 25.6 Å². The standard InChI is InChI=1S/C18H26N2O6S/c1-3-10(21)14-16(24)20-15(17(25)26)11(27-18(14,20)12(22)4-2)7-9-19-8-5-6-13(19)23/h10,12,14,21-22H,3-9H2,1-2H3,(H,25,26)/t10-,12-,14+,18-/m0/s1. The molecule has 27 heavy (non-hydrogen) atoms. The Hall–Kier alpha value is -1.58. The maximum absolute atomic E-state index is 12.7. The fraction of sp³-hybridized carbons (Fsp3) is 0.722. The maximum atomic E-state index is 12.7. The summed E-state index contributed by atoms with van der Waals surface area (Å²) >= 11 is 1.17. The van der Waals surface area contributed by atoms with Gasteiger partial charge in [-0.3, -0.25) is 14.5 Å². The second kappa shape index (κ2) is 7.44. The van der Waals surface area contributed by atoms with Gasteiger partial charge in [0.05, 0.1) is 12.2 Å². The Labute approximate surface area is 162 Å². The first-order valence-corrected chi connectivity index (χ1v) is 10.2. The monoisotopic (exact) mass is 398 g/mol. The average Bonchev–Trinajstić information content (AvgIpc) is 3.18. The van der Waals surface area contributed by atoms with Crippen molar-refractivity contribution in [2.75, 3.05) is 13.1 Å². The largest absolute Gasteiger partial charge is 0.477 e. The van der Waals surface area contributed by atoms with Crippen LogP contribution in [0.3, 0.4) is 0 Å². The van der Waals surface area contributed by atoms with Gasteiger partial charge < -0.3 is 20.2 Å². The van der Waals surface area contributed by atoms with Crippen LogP contribution in [0.25, 0.3) is 0 Å². The van der Waals surface area contributed by atoms with Crippen molar-refractivity contribution in [2.45, 2.75) is 63.0 Å². The van der Waals surface area contributed by atoms with Gasteiger partial charge >= 0.3 is 5.97 Å². The fourth-order valence-electron chi connectivity index (χ4n) is 4.28. The molecule has 150 valence electrons. The molecule has 8 nitrogen and oxygen atoms in total. The molecule has 0 bridgehead atoms. The number of aliphatic carboxylic acids is 1. The van der Waals surface area contributed by atoms with E-state index in [1.807, 2.05) is 0 Å². The van der Waals surface area contributed by atoms with Crippen molar-refractivity contribution in [3.63, 3.8) is 0 Å². The molecule has 3 aliphatic rings. The maximum Gasteiger partial charge on any atom is 0.353 e. The van der Waals surface area contributed by atoms with Gasteiger partial charge in [-0.05, 0) is 25.7 Å². The first kappa shape index (κ1) is 20.2. The Morgan fingerprint density at radius 2 is 2.00 bits per heavy atom. The van der Waals surface area contributed by atoms with Crippen molar-refractivity contribution in [1.29, 1.82) is 0 Å². The molecule has 2 saturated heterocycles. The minimum atomic E-state index is -1.23. The number of rotatable bonds is 8. The summed E-state index contributed by atoms with van der Waals surface area (Å²) in [5.74, 6) is -2.48. The van der Waals surface area contributed by atoms with E-state index in [2.05, 4.69) is 0 Å². The highest BCUT2D eigenvalue weighted by atomic mass is 32.2. The molecule has 0 aromatic carbocycles. The third kappa shape index (κ3) is 2.96. The molecule has 0 spiro atoms. The van der Waals surface area contributed by atoms with Crippen LogP contribution >= 0.6 is 11.8 Å². The lowest BCUT2D eigenvalue weighted by atomic mass is 9.76. The normalized spacial score (nSPS) is 29.9. The second-order valence-corrected chi connectivity index (χ2v) is 8.57. The third-order valence-corrected chi connectivity index (χ3v) is 7.39. The molecule has 0 saturated carbocycles. The molecule has 3 aliphatic heterocycles. The van der Waals surface area contributed by atoms with E-state index in [1.54, 1.807) is 18.7 Å². The van der Waals surface area contributed by atoms with E-state index >= 15 is 0 Å². The molecule has 0 radical (unpaired) electrons. The minimum Gasteiger partial charge on any atom is -0.477 e. The number of carboxylic acid groups (broad SMARTS) is 1. The van der Waals surface area contributed by atoms with Gasteiger partial charge in [-0.2, -0.15) is 0 Å². The molecule has 0 unspecified atom stereocenters. The van der Waals surface area contributed by atoms with E-state index in [-0.39, 0.29) is 11.6 Å². The Morgan fingerprint density at radius 3 is 2.52 bits per heavy atom. The van der Waals surface area contributed by atoms with Gasteiger partial charge in [-0.15, -0.1) is 0 Å². The van der Waals surface area contributed by atoms with E-state index < -0.39 is 34.9 Å². The summed E-state index contributed by atoms with van der Waals surface area (Å²) < 4.78 is 0. The van der Waals surface area contributed by atoms with Gasteiger partial charge in [0.1, 0.15) is 16.5 Å². The first-order valence-electron chi connectivity index (χ1n) is 9.42. The molecule has 0 aliphatic carbocycles. The van der Waals surface area contributed by atoms with Crippen LogP contribution in [0.5, 0.6) is 0 Å². The van der Waals surface area contributed by atoms with E-state index in [4.69, 9.17) is 0 Å². The molecule has 0 aromatic heterocycles. The molecule has 3 rings (SSSR count). The lowest BCUT2D eigenvalue weighted by Gasteiger charge is -2.56. The number of hydrogen-bond acceptors (Lipinski definition) is 6. The summed E-state index contributed by atoms with van der Waals surface area (Å²) in [5, 5.41) is 30.8. The summed E-state index contributed by atoms with van der Waals surface area (Å²) in [7, 11) is 0. The van der Waals surface area contributed by atoms with Crippen molar-refractivity contribution in [2.24, 2.45) is 5.92 Å². The molecule has 3 N–H and O–H groups in total. The first-order chi connectivity index (χ1) is 12.8. The number of amides is 2. The topological polar surface area (TPSA) is 118 Å². The summed E-state index contributed by atoms with van der Waals surface area (Å²) in [4.78, 5) is 38.6. The minimum absolute atomic E-state index is 0.0532. The Balaban J connectivity index is 1.91. The van der Waals surface area contributed by atoms with Crippen LogP contribution in [0.1, 0.15) is 46.0 Å². The molecule has 0 aromatic rings. The van der Waals surface area contributed by atoms with Crippen LogP contribution in [-0.2, 0) is 14.4 Å². The van der Waals surface area contributed by atoms with E-state index in [9.17, 15) is 29.7 Å². The van der Waals surface area contributed by atoms with Gasteiger partial charge in [0.2, 0.25) is 11.8 Å². The number of likely N-dealkylation sites (tertiary alicyclic amines) is 1. The molecule has 9 heteroatoms. The molecular formula is C18H26N2O6S. The van der Waals surface area contributed by atoms with E-state index in [0.29, 0.717) is 43.7 Å². The predicted molar refractivity (Wildman–Crippen MR) is 98.3 cm³/mol. The smallest absolute Gasteiger partial charge is 0.353 e. The van der Waals surface area contributed by atoms with Crippen LogP contribution in [0.2, 0.25) is 0 Å². The zero-order valence-electron chi connectivity index (χ0n) is 15.6. The second-order valence-electron chi connectivity index (χ2n) is 7.22. The van der Waals surface area contributed by atoms with Crippen molar-refractivity contribution in [3.05, 3.63) is 10.6 Å². The number of hydrogen-bond donors (Lipinski definition) is 3. The molecular weight excluding hydrogens is 372 g/mol. The zero-order valence-corrected chi connectivity index (χ0v) is 16.4. The summed E-state index contributed by atoms with van der Waals surface area (Å²) in [6, 6.07) is 0. The number of carbonyl (C=O) groups is 3. The highest BCUT2D eigenvalue weighted by molar-refractivity contribution is 8.04. The fourth-order valence-corrected chi connectivity index (χ4v) is 6.10. The number of nitrogens with zero attached hydrogens (tertiary/aromatic N) is 2. The summed E-state index contributed by atoms with van der Waals surface area (Å²) in [6.07, 6.45) is 0.367. The van der Waals surface area contributed by atoms with Gasteiger partial charge in [0.25, 0.3) is 0 Å². The van der Waals surface area contributed by atoms with Crippen LogP contribution in [0.4, 0.5) is 0 Å². The highest BCUT2D eigenvalue weighted by Crippen LogP contribution is 2.61. The van der Waals surface area contributed by atoms with E-state index in [1.165, 1.54) is 16.7 Å². The SMILES string of the molecule is CC[C@H](O)[C@@H]1C(=O)N2C(C(=O)O)=C(CCN3CCCC3=O)S[C@@]12[C@@H](O)CC. The number of fused-ring (bicyclic) bond motifs is 1. The van der Waals surface area contributed by atoms with Crippen LogP contribution in [0, 0.1) is 5.92 Å². The molecule has 3 heterocycles. The van der Waals surface area contributed by atoms with Gasteiger partial charge in [-0.25, -0.2) is 4.79 Å². The summed E-state index contributed by atoms with van der Waals surface area (Å²) in [5.41, 5.74) is -0.122. The zero-order chi connectivity index (χ0) is 19.9. The Bertz CT molecular complexity index is 695. The van der Waals surface area contributed by atoms with Crippen molar-refractivity contribution < 1.29 is 29.7 Å². The number of β-lactam (4-membered cyclic amide) rings is 1. The van der Waals surface area contributed by atoms with Crippen LogP contribution in [0.15, 0.2) is 10.6 Å².